The van der Waals surface area contributed by atoms with Crippen molar-refractivity contribution in [2.24, 2.45) is 0 Å². The molecule has 3 rings (SSSR count). The number of nitrogens with zero attached hydrogens (tertiary/aromatic N) is 1. The van der Waals surface area contributed by atoms with Crippen molar-refractivity contribution in [3.63, 3.8) is 0 Å². The molecule has 1 aliphatic rings. The number of hydrogen-bond acceptors (Lipinski definition) is 3. The highest BCUT2D eigenvalue weighted by atomic mass is 16.5. The van der Waals surface area contributed by atoms with Crippen LogP contribution in [0.5, 0.6) is 5.75 Å². The van der Waals surface area contributed by atoms with Crippen molar-refractivity contribution >= 4 is 11.8 Å². The minimum absolute atomic E-state index is 0.00237. The number of piperidine rings is 1. The third-order valence-electron chi connectivity index (χ3n) is 4.64. The first kappa shape index (κ1) is 18.0. The molecule has 1 N–H and O–H groups in total. The maximum Gasteiger partial charge on any atom is 0.258 e. The highest BCUT2D eigenvalue weighted by molar-refractivity contribution is 5.78. The average molecular weight is 352 g/mol. The summed E-state index contributed by atoms with van der Waals surface area (Å²) in [7, 11) is 0. The number of carbonyl (C=O) groups excluding carboxylic acids is 2. The van der Waals surface area contributed by atoms with Crippen LogP contribution in [0.4, 0.5) is 0 Å². The molecule has 1 saturated heterocycles. The normalized spacial score (nSPS) is 14.7. The molecule has 0 aromatic heterocycles. The number of rotatable bonds is 5. The topological polar surface area (TPSA) is 58.6 Å². The molecule has 0 radical (unpaired) electrons. The van der Waals surface area contributed by atoms with E-state index in [4.69, 9.17) is 4.74 Å². The fraction of sp³-hybridized carbons (Fsp3) is 0.333. The summed E-state index contributed by atoms with van der Waals surface area (Å²) in [5.74, 6) is 0.640. The lowest BCUT2D eigenvalue weighted by Crippen LogP contribution is -2.47. The van der Waals surface area contributed by atoms with Crippen LogP contribution in [0.1, 0.15) is 19.8 Å². The van der Waals surface area contributed by atoms with Crippen LogP contribution >= 0.6 is 0 Å². The van der Waals surface area contributed by atoms with E-state index in [2.05, 4.69) is 17.4 Å². The van der Waals surface area contributed by atoms with Gasteiger partial charge in [-0.1, -0.05) is 42.5 Å². The van der Waals surface area contributed by atoms with E-state index in [0.29, 0.717) is 18.8 Å². The maximum absolute atomic E-state index is 12.1. The smallest absolute Gasteiger partial charge is 0.258 e. The standard InChI is InChI=1S/C21H24N2O3/c1-16(24)23-13-11-19(12-14-23)22-21(25)15-26-20-9-7-18(8-10-20)17-5-3-2-4-6-17/h2-10,19H,11-15H2,1H3,(H,22,25). The molecule has 136 valence electrons. The van der Waals surface area contributed by atoms with Gasteiger partial charge in [-0.3, -0.25) is 9.59 Å². The molecule has 0 atom stereocenters. The van der Waals surface area contributed by atoms with E-state index in [-0.39, 0.29) is 24.5 Å². The van der Waals surface area contributed by atoms with Crippen molar-refractivity contribution in [2.75, 3.05) is 19.7 Å². The average Bonchev–Trinajstić information content (AvgIpc) is 2.68. The third kappa shape index (κ3) is 4.85. The summed E-state index contributed by atoms with van der Waals surface area (Å²) in [6.45, 7) is 2.97. The van der Waals surface area contributed by atoms with Crippen LogP contribution in [0.2, 0.25) is 0 Å². The second-order valence-corrected chi connectivity index (χ2v) is 6.53. The number of carbonyl (C=O) groups is 2. The highest BCUT2D eigenvalue weighted by Crippen LogP contribution is 2.22. The van der Waals surface area contributed by atoms with Gasteiger partial charge in [-0.15, -0.1) is 0 Å². The fourth-order valence-corrected chi connectivity index (χ4v) is 3.13. The van der Waals surface area contributed by atoms with Gasteiger partial charge in [0.15, 0.2) is 6.61 Å². The molecule has 0 bridgehead atoms. The van der Waals surface area contributed by atoms with Gasteiger partial charge in [0.1, 0.15) is 5.75 Å². The van der Waals surface area contributed by atoms with Crippen molar-refractivity contribution < 1.29 is 14.3 Å². The first-order chi connectivity index (χ1) is 12.6. The molecule has 0 saturated carbocycles. The van der Waals surface area contributed by atoms with E-state index in [9.17, 15) is 9.59 Å². The summed E-state index contributed by atoms with van der Waals surface area (Å²) in [6, 6.07) is 17.9. The zero-order valence-electron chi connectivity index (χ0n) is 15.0. The summed E-state index contributed by atoms with van der Waals surface area (Å²) in [5, 5.41) is 2.98. The van der Waals surface area contributed by atoms with Crippen molar-refractivity contribution in [3.05, 3.63) is 54.6 Å². The molecular formula is C21H24N2O3. The third-order valence-corrected chi connectivity index (χ3v) is 4.64. The Kier molecular flexibility index (Phi) is 5.89. The molecule has 1 fully saturated rings. The van der Waals surface area contributed by atoms with Gasteiger partial charge in [0.25, 0.3) is 5.91 Å². The van der Waals surface area contributed by atoms with Gasteiger partial charge in [-0.2, -0.15) is 0 Å². The molecule has 2 amide bonds. The predicted molar refractivity (Wildman–Crippen MR) is 101 cm³/mol. The van der Waals surface area contributed by atoms with Gasteiger partial charge in [0.2, 0.25) is 5.91 Å². The summed E-state index contributed by atoms with van der Waals surface area (Å²) in [4.78, 5) is 25.2. The van der Waals surface area contributed by atoms with E-state index in [0.717, 1.165) is 24.0 Å². The Morgan fingerprint density at radius 1 is 1.00 bits per heavy atom. The van der Waals surface area contributed by atoms with Gasteiger partial charge >= 0.3 is 0 Å². The predicted octanol–water partition coefficient (Wildman–Crippen LogP) is 2.86. The quantitative estimate of drug-likeness (QED) is 0.900. The Labute approximate surface area is 154 Å². The zero-order chi connectivity index (χ0) is 18.4. The number of nitrogens with one attached hydrogen (secondary N) is 1. The summed E-state index contributed by atoms with van der Waals surface area (Å²) in [5.41, 5.74) is 2.26. The van der Waals surface area contributed by atoms with E-state index < -0.39 is 0 Å². The second kappa shape index (κ2) is 8.52. The SMILES string of the molecule is CC(=O)N1CCC(NC(=O)COc2ccc(-c3ccccc3)cc2)CC1. The highest BCUT2D eigenvalue weighted by Gasteiger charge is 2.21. The van der Waals surface area contributed by atoms with Crippen LogP contribution in [0, 0.1) is 0 Å². The molecule has 1 aliphatic heterocycles. The molecule has 0 spiro atoms. The van der Waals surface area contributed by atoms with Gasteiger partial charge in [0, 0.05) is 26.1 Å². The Bertz CT molecular complexity index is 736. The lowest BCUT2D eigenvalue weighted by molar-refractivity contribution is -0.130. The van der Waals surface area contributed by atoms with Crippen LogP contribution in [0.3, 0.4) is 0 Å². The van der Waals surface area contributed by atoms with Gasteiger partial charge in [0.05, 0.1) is 0 Å². The van der Waals surface area contributed by atoms with Crippen molar-refractivity contribution in [1.82, 2.24) is 10.2 Å². The van der Waals surface area contributed by atoms with Gasteiger partial charge in [-0.25, -0.2) is 0 Å². The Morgan fingerprint density at radius 3 is 2.23 bits per heavy atom. The number of hydrogen-bond donors (Lipinski definition) is 1. The lowest BCUT2D eigenvalue weighted by atomic mass is 10.1. The Hall–Kier alpha value is -2.82. The molecular weight excluding hydrogens is 328 g/mol. The molecule has 26 heavy (non-hydrogen) atoms. The lowest BCUT2D eigenvalue weighted by Gasteiger charge is -2.31. The summed E-state index contributed by atoms with van der Waals surface area (Å²) >= 11 is 0. The first-order valence-electron chi connectivity index (χ1n) is 8.95. The van der Waals surface area contributed by atoms with E-state index in [1.54, 1.807) is 6.92 Å². The van der Waals surface area contributed by atoms with Crippen LogP contribution in [0.25, 0.3) is 11.1 Å². The minimum atomic E-state index is -0.126. The van der Waals surface area contributed by atoms with Crippen LogP contribution in [-0.2, 0) is 9.59 Å². The summed E-state index contributed by atoms with van der Waals surface area (Å²) < 4.78 is 5.58. The van der Waals surface area contributed by atoms with Crippen LogP contribution < -0.4 is 10.1 Å². The molecule has 2 aromatic rings. The molecule has 0 aliphatic carbocycles. The van der Waals surface area contributed by atoms with Crippen molar-refractivity contribution in [3.8, 4) is 16.9 Å². The molecule has 5 heteroatoms. The van der Waals surface area contributed by atoms with Crippen molar-refractivity contribution in [2.45, 2.75) is 25.8 Å². The van der Waals surface area contributed by atoms with E-state index in [1.807, 2.05) is 47.4 Å². The fourth-order valence-electron chi connectivity index (χ4n) is 3.13. The van der Waals surface area contributed by atoms with Crippen LogP contribution in [0.15, 0.2) is 54.6 Å². The largest absolute Gasteiger partial charge is 0.484 e. The maximum atomic E-state index is 12.1. The summed E-state index contributed by atoms with van der Waals surface area (Å²) in [6.07, 6.45) is 1.58. The Morgan fingerprint density at radius 2 is 1.62 bits per heavy atom. The Balaban J connectivity index is 1.44. The van der Waals surface area contributed by atoms with Crippen LogP contribution in [-0.4, -0.2) is 42.5 Å². The zero-order valence-corrected chi connectivity index (χ0v) is 15.0. The van der Waals surface area contributed by atoms with E-state index in [1.165, 1.54) is 0 Å². The van der Waals surface area contributed by atoms with Crippen molar-refractivity contribution in [1.29, 1.82) is 0 Å². The number of likely N-dealkylation sites (tertiary alicyclic amines) is 1. The number of benzene rings is 2. The van der Waals surface area contributed by atoms with E-state index >= 15 is 0 Å². The molecule has 2 aromatic carbocycles. The number of amides is 2. The minimum Gasteiger partial charge on any atom is -0.484 e. The monoisotopic (exact) mass is 352 g/mol. The van der Waals surface area contributed by atoms with Gasteiger partial charge < -0.3 is 15.0 Å². The first-order valence-corrected chi connectivity index (χ1v) is 8.95. The molecule has 0 unspecified atom stereocenters. The van der Waals surface area contributed by atoms with Gasteiger partial charge in [-0.05, 0) is 36.1 Å². The molecule has 1 heterocycles. The molecule has 5 nitrogen and oxygen atoms in total. The second-order valence-electron chi connectivity index (χ2n) is 6.53. The number of ether oxygens (including phenoxy) is 1.